The molecule has 5 heteroatoms. The van der Waals surface area contributed by atoms with Crippen molar-refractivity contribution in [3.63, 3.8) is 0 Å². The maximum Gasteiger partial charge on any atom is 0.245 e. The van der Waals surface area contributed by atoms with Gasteiger partial charge >= 0.3 is 0 Å². The molecular weight excluding hydrogens is 256 g/mol. The van der Waals surface area contributed by atoms with Crippen LogP contribution < -0.4 is 5.32 Å². The van der Waals surface area contributed by atoms with Crippen molar-refractivity contribution in [2.24, 2.45) is 11.3 Å². The number of amides is 2. The first-order chi connectivity index (χ1) is 9.16. The molecule has 0 spiro atoms. The minimum absolute atomic E-state index is 0.0618. The SMILES string of the molecule is CC(NC(=O)C(C)(C)C)C(=O)N1CC(CO)CCC1C. The van der Waals surface area contributed by atoms with Gasteiger partial charge in [0.25, 0.3) is 0 Å². The van der Waals surface area contributed by atoms with Gasteiger partial charge < -0.3 is 15.3 Å². The number of likely N-dealkylation sites (tertiary alicyclic amines) is 1. The summed E-state index contributed by atoms with van der Waals surface area (Å²) in [5, 5.41) is 12.0. The summed E-state index contributed by atoms with van der Waals surface area (Å²) in [6.45, 7) is 9.90. The monoisotopic (exact) mass is 284 g/mol. The van der Waals surface area contributed by atoms with Crippen LogP contribution in [0.15, 0.2) is 0 Å². The van der Waals surface area contributed by atoms with Crippen molar-refractivity contribution < 1.29 is 14.7 Å². The van der Waals surface area contributed by atoms with E-state index in [1.807, 2.05) is 27.7 Å². The smallest absolute Gasteiger partial charge is 0.245 e. The predicted octanol–water partition coefficient (Wildman–Crippen LogP) is 1.16. The van der Waals surface area contributed by atoms with Crippen LogP contribution in [0.25, 0.3) is 0 Å². The summed E-state index contributed by atoms with van der Waals surface area (Å²) in [6, 6.07) is -0.360. The molecule has 1 heterocycles. The minimum Gasteiger partial charge on any atom is -0.396 e. The zero-order chi connectivity index (χ0) is 15.5. The Labute approximate surface area is 121 Å². The van der Waals surface area contributed by atoms with E-state index in [2.05, 4.69) is 5.32 Å². The zero-order valence-corrected chi connectivity index (χ0v) is 13.3. The van der Waals surface area contributed by atoms with Crippen molar-refractivity contribution in [3.8, 4) is 0 Å². The number of nitrogens with one attached hydrogen (secondary N) is 1. The van der Waals surface area contributed by atoms with Crippen molar-refractivity contribution in [2.75, 3.05) is 13.2 Å². The number of piperidine rings is 1. The Balaban J connectivity index is 2.65. The van der Waals surface area contributed by atoms with Crippen molar-refractivity contribution >= 4 is 11.8 Å². The van der Waals surface area contributed by atoms with Crippen LogP contribution in [0.2, 0.25) is 0 Å². The van der Waals surface area contributed by atoms with E-state index in [0.717, 1.165) is 12.8 Å². The van der Waals surface area contributed by atoms with Crippen LogP contribution in [0.3, 0.4) is 0 Å². The lowest BCUT2D eigenvalue weighted by Gasteiger charge is -2.39. The second-order valence-corrected chi connectivity index (χ2v) is 6.91. The third-order valence-corrected chi connectivity index (χ3v) is 3.92. The molecule has 0 radical (unpaired) electrons. The molecule has 0 aromatic heterocycles. The fraction of sp³-hybridized carbons (Fsp3) is 0.867. The van der Waals surface area contributed by atoms with Gasteiger partial charge in [0.15, 0.2) is 0 Å². The van der Waals surface area contributed by atoms with E-state index >= 15 is 0 Å². The van der Waals surface area contributed by atoms with Gasteiger partial charge in [-0.2, -0.15) is 0 Å². The number of hydrogen-bond donors (Lipinski definition) is 2. The Hall–Kier alpha value is -1.10. The molecule has 5 nitrogen and oxygen atoms in total. The standard InChI is InChI=1S/C15H28N2O3/c1-10-6-7-12(9-18)8-17(10)13(19)11(2)16-14(20)15(3,4)5/h10-12,18H,6-9H2,1-5H3,(H,16,20). The zero-order valence-electron chi connectivity index (χ0n) is 13.3. The Morgan fingerprint density at radius 3 is 2.45 bits per heavy atom. The molecule has 116 valence electrons. The first-order valence-electron chi connectivity index (χ1n) is 7.39. The van der Waals surface area contributed by atoms with Crippen LogP contribution in [0.1, 0.15) is 47.5 Å². The first-order valence-corrected chi connectivity index (χ1v) is 7.39. The molecule has 2 N–H and O–H groups in total. The molecule has 3 atom stereocenters. The van der Waals surface area contributed by atoms with Gasteiger partial charge in [-0.05, 0) is 32.6 Å². The van der Waals surface area contributed by atoms with Crippen LogP contribution in [0.4, 0.5) is 0 Å². The van der Waals surface area contributed by atoms with E-state index in [-0.39, 0.29) is 30.4 Å². The molecule has 0 bridgehead atoms. The van der Waals surface area contributed by atoms with Crippen LogP contribution >= 0.6 is 0 Å². The van der Waals surface area contributed by atoms with Crippen LogP contribution in [-0.4, -0.2) is 47.1 Å². The van der Waals surface area contributed by atoms with E-state index in [1.165, 1.54) is 0 Å². The van der Waals surface area contributed by atoms with E-state index in [0.29, 0.717) is 6.54 Å². The third kappa shape index (κ3) is 4.20. The number of carbonyl (C=O) groups is 2. The van der Waals surface area contributed by atoms with E-state index in [4.69, 9.17) is 0 Å². The summed E-state index contributed by atoms with van der Waals surface area (Å²) < 4.78 is 0. The summed E-state index contributed by atoms with van der Waals surface area (Å²) in [5.74, 6) is -0.0318. The molecule has 1 saturated heterocycles. The van der Waals surface area contributed by atoms with Crippen molar-refractivity contribution in [2.45, 2.75) is 59.5 Å². The van der Waals surface area contributed by atoms with Crippen LogP contribution in [0.5, 0.6) is 0 Å². The van der Waals surface area contributed by atoms with E-state index < -0.39 is 11.5 Å². The Morgan fingerprint density at radius 2 is 1.95 bits per heavy atom. The Bertz CT molecular complexity index is 363. The normalized spacial score (nSPS) is 25.2. The number of aliphatic hydroxyl groups is 1. The van der Waals surface area contributed by atoms with E-state index in [9.17, 15) is 14.7 Å². The molecule has 1 aliphatic heterocycles. The lowest BCUT2D eigenvalue weighted by molar-refractivity contribution is -0.141. The summed E-state index contributed by atoms with van der Waals surface area (Å²) in [4.78, 5) is 26.2. The lowest BCUT2D eigenvalue weighted by atomic mass is 9.93. The highest BCUT2D eigenvalue weighted by atomic mass is 16.3. The van der Waals surface area contributed by atoms with Crippen molar-refractivity contribution in [1.29, 1.82) is 0 Å². The number of aliphatic hydroxyl groups excluding tert-OH is 1. The maximum absolute atomic E-state index is 12.5. The van der Waals surface area contributed by atoms with Gasteiger partial charge in [0.1, 0.15) is 6.04 Å². The first kappa shape index (κ1) is 17.0. The maximum atomic E-state index is 12.5. The summed E-state index contributed by atoms with van der Waals surface area (Å²) >= 11 is 0. The summed E-state index contributed by atoms with van der Waals surface area (Å²) in [5.41, 5.74) is -0.504. The number of nitrogens with zero attached hydrogens (tertiary/aromatic N) is 1. The average Bonchev–Trinajstić information content (AvgIpc) is 2.37. The number of hydrogen-bond acceptors (Lipinski definition) is 3. The van der Waals surface area contributed by atoms with Gasteiger partial charge in [-0.3, -0.25) is 9.59 Å². The predicted molar refractivity (Wildman–Crippen MR) is 78.0 cm³/mol. The third-order valence-electron chi connectivity index (χ3n) is 3.92. The topological polar surface area (TPSA) is 69.6 Å². The van der Waals surface area contributed by atoms with Gasteiger partial charge in [-0.15, -0.1) is 0 Å². The average molecular weight is 284 g/mol. The molecule has 2 amide bonds. The second-order valence-electron chi connectivity index (χ2n) is 6.91. The molecule has 0 aromatic carbocycles. The minimum atomic E-state index is -0.526. The Kier molecular flexibility index (Phi) is 5.57. The van der Waals surface area contributed by atoms with Crippen molar-refractivity contribution in [1.82, 2.24) is 10.2 Å². The highest BCUT2D eigenvalue weighted by Crippen LogP contribution is 2.22. The number of carbonyl (C=O) groups excluding carboxylic acids is 2. The second kappa shape index (κ2) is 6.57. The fourth-order valence-corrected chi connectivity index (χ4v) is 2.36. The lowest BCUT2D eigenvalue weighted by Crippen LogP contribution is -2.54. The van der Waals surface area contributed by atoms with E-state index in [1.54, 1.807) is 11.8 Å². The van der Waals surface area contributed by atoms with Gasteiger partial charge in [0.05, 0.1) is 0 Å². The highest BCUT2D eigenvalue weighted by Gasteiger charge is 2.33. The molecule has 1 fully saturated rings. The van der Waals surface area contributed by atoms with Gasteiger partial charge in [-0.1, -0.05) is 20.8 Å². The van der Waals surface area contributed by atoms with Crippen LogP contribution in [0, 0.1) is 11.3 Å². The van der Waals surface area contributed by atoms with Gasteiger partial charge in [-0.25, -0.2) is 0 Å². The van der Waals surface area contributed by atoms with Crippen molar-refractivity contribution in [3.05, 3.63) is 0 Å². The quantitative estimate of drug-likeness (QED) is 0.817. The van der Waals surface area contributed by atoms with Gasteiger partial charge in [0.2, 0.25) is 11.8 Å². The molecule has 20 heavy (non-hydrogen) atoms. The molecule has 1 aliphatic rings. The number of rotatable bonds is 3. The highest BCUT2D eigenvalue weighted by molar-refractivity contribution is 5.89. The van der Waals surface area contributed by atoms with Crippen LogP contribution in [-0.2, 0) is 9.59 Å². The molecule has 1 rings (SSSR count). The molecule has 0 aliphatic carbocycles. The Morgan fingerprint density at radius 1 is 1.35 bits per heavy atom. The molecular formula is C15H28N2O3. The molecule has 0 saturated carbocycles. The van der Waals surface area contributed by atoms with Gasteiger partial charge in [0, 0.05) is 24.6 Å². The summed E-state index contributed by atoms with van der Waals surface area (Å²) in [7, 11) is 0. The fourth-order valence-electron chi connectivity index (χ4n) is 2.36. The largest absolute Gasteiger partial charge is 0.396 e. The molecule has 0 aromatic rings. The molecule has 3 unspecified atom stereocenters. The summed E-state index contributed by atoms with van der Waals surface area (Å²) in [6.07, 6.45) is 1.85.